The second-order valence-corrected chi connectivity index (χ2v) is 7.66. The van der Waals surface area contributed by atoms with Crippen LogP contribution in [-0.2, 0) is 0 Å². The van der Waals surface area contributed by atoms with Gasteiger partial charge in [-0.3, -0.25) is 9.78 Å². The number of anilines is 1. The average Bonchev–Trinajstić information content (AvgIpc) is 2.79. The van der Waals surface area contributed by atoms with Crippen molar-refractivity contribution in [1.29, 1.82) is 0 Å². The van der Waals surface area contributed by atoms with Crippen molar-refractivity contribution in [3.05, 3.63) is 65.1 Å². The third kappa shape index (κ3) is 4.21. The lowest BCUT2D eigenvalue weighted by Gasteiger charge is -2.31. The molecule has 1 fully saturated rings. The largest absolute Gasteiger partial charge is 0.496 e. The van der Waals surface area contributed by atoms with Crippen LogP contribution in [0.15, 0.2) is 48.7 Å². The number of pyridine rings is 1. The molecule has 3 aromatic rings. The number of nitrogens with zero attached hydrogens (tertiary/aromatic N) is 4. The van der Waals surface area contributed by atoms with Crippen molar-refractivity contribution in [3.8, 4) is 16.9 Å². The molecule has 2 N–H and O–H groups in total. The van der Waals surface area contributed by atoms with E-state index in [1.165, 1.54) is 0 Å². The number of likely N-dealkylation sites (tertiary alicyclic amines) is 1. The zero-order valence-electron chi connectivity index (χ0n) is 16.6. The van der Waals surface area contributed by atoms with Crippen LogP contribution in [0.3, 0.4) is 0 Å². The molecule has 1 aliphatic rings. The van der Waals surface area contributed by atoms with Gasteiger partial charge in [0, 0.05) is 41.9 Å². The van der Waals surface area contributed by atoms with Gasteiger partial charge in [-0.1, -0.05) is 23.7 Å². The molecule has 1 aliphatic heterocycles. The summed E-state index contributed by atoms with van der Waals surface area (Å²) in [5, 5.41) is 8.77. The molecule has 2 aromatic heterocycles. The number of halogens is 1. The van der Waals surface area contributed by atoms with E-state index in [0.29, 0.717) is 35.4 Å². The van der Waals surface area contributed by atoms with E-state index in [1.54, 1.807) is 25.4 Å². The van der Waals surface area contributed by atoms with Gasteiger partial charge in [-0.05, 0) is 42.7 Å². The first-order chi connectivity index (χ1) is 14.5. The first-order valence-corrected chi connectivity index (χ1v) is 10.1. The van der Waals surface area contributed by atoms with E-state index in [9.17, 15) is 4.79 Å². The molecule has 1 saturated heterocycles. The predicted octanol–water partition coefficient (Wildman–Crippen LogP) is 3.80. The fourth-order valence-electron chi connectivity index (χ4n) is 3.68. The highest BCUT2D eigenvalue weighted by molar-refractivity contribution is 6.30. The summed E-state index contributed by atoms with van der Waals surface area (Å²) in [6.45, 7) is 1.27. The molecular formula is C22H22ClN5O2. The van der Waals surface area contributed by atoms with Crippen molar-refractivity contribution in [2.75, 3.05) is 25.9 Å². The number of piperidine rings is 1. The van der Waals surface area contributed by atoms with Gasteiger partial charge in [0.15, 0.2) is 0 Å². The SMILES string of the molecule is COc1cc(C(=O)N2CCC(c3ccc(N)nn3)CC2)ncc1-c1ccc(Cl)cc1. The van der Waals surface area contributed by atoms with Crippen LogP contribution >= 0.6 is 11.6 Å². The highest BCUT2D eigenvalue weighted by Crippen LogP contribution is 2.32. The Morgan fingerprint density at radius 1 is 1.13 bits per heavy atom. The smallest absolute Gasteiger partial charge is 0.272 e. The molecule has 1 amide bonds. The van der Waals surface area contributed by atoms with Gasteiger partial charge in [-0.15, -0.1) is 5.10 Å². The van der Waals surface area contributed by atoms with Gasteiger partial charge in [0.25, 0.3) is 5.91 Å². The number of ether oxygens (including phenoxy) is 1. The minimum Gasteiger partial charge on any atom is -0.496 e. The van der Waals surface area contributed by atoms with E-state index in [4.69, 9.17) is 22.1 Å². The molecule has 0 bridgehead atoms. The van der Waals surface area contributed by atoms with Crippen molar-refractivity contribution in [2.45, 2.75) is 18.8 Å². The van der Waals surface area contributed by atoms with Crippen molar-refractivity contribution < 1.29 is 9.53 Å². The Morgan fingerprint density at radius 3 is 2.50 bits per heavy atom. The number of methoxy groups -OCH3 is 1. The Bertz CT molecular complexity index is 1030. The first kappa shape index (κ1) is 20.1. The maximum Gasteiger partial charge on any atom is 0.272 e. The molecule has 8 heteroatoms. The van der Waals surface area contributed by atoms with E-state index < -0.39 is 0 Å². The Kier molecular flexibility index (Phi) is 5.81. The Labute approximate surface area is 179 Å². The van der Waals surface area contributed by atoms with Crippen LogP contribution in [0.5, 0.6) is 5.75 Å². The van der Waals surface area contributed by atoms with E-state index in [2.05, 4.69) is 15.2 Å². The summed E-state index contributed by atoms with van der Waals surface area (Å²) >= 11 is 5.97. The van der Waals surface area contributed by atoms with Crippen LogP contribution in [0.2, 0.25) is 5.02 Å². The number of amides is 1. The van der Waals surface area contributed by atoms with Crippen LogP contribution in [0.4, 0.5) is 5.82 Å². The molecule has 0 unspecified atom stereocenters. The minimum absolute atomic E-state index is 0.0993. The number of carbonyl (C=O) groups is 1. The maximum atomic E-state index is 13.0. The second-order valence-electron chi connectivity index (χ2n) is 7.23. The fraction of sp³-hybridized carbons (Fsp3) is 0.273. The van der Waals surface area contributed by atoms with Gasteiger partial charge >= 0.3 is 0 Å². The molecule has 1 aromatic carbocycles. The lowest BCUT2D eigenvalue weighted by Crippen LogP contribution is -2.38. The highest BCUT2D eigenvalue weighted by Gasteiger charge is 2.26. The van der Waals surface area contributed by atoms with Crippen molar-refractivity contribution in [2.24, 2.45) is 0 Å². The van der Waals surface area contributed by atoms with Crippen molar-refractivity contribution in [3.63, 3.8) is 0 Å². The molecule has 3 heterocycles. The molecule has 0 radical (unpaired) electrons. The van der Waals surface area contributed by atoms with Crippen LogP contribution < -0.4 is 10.5 Å². The van der Waals surface area contributed by atoms with Crippen LogP contribution in [0, 0.1) is 0 Å². The number of benzene rings is 1. The van der Waals surface area contributed by atoms with E-state index in [-0.39, 0.29) is 11.8 Å². The van der Waals surface area contributed by atoms with Crippen molar-refractivity contribution >= 4 is 23.3 Å². The zero-order valence-corrected chi connectivity index (χ0v) is 17.3. The molecule has 0 atom stereocenters. The monoisotopic (exact) mass is 423 g/mol. The van der Waals surface area contributed by atoms with Gasteiger partial charge in [0.1, 0.15) is 17.3 Å². The lowest BCUT2D eigenvalue weighted by molar-refractivity contribution is 0.0705. The molecule has 7 nitrogen and oxygen atoms in total. The number of carbonyl (C=O) groups excluding carboxylic acids is 1. The Morgan fingerprint density at radius 2 is 1.87 bits per heavy atom. The van der Waals surface area contributed by atoms with Gasteiger partial charge < -0.3 is 15.4 Å². The number of aromatic nitrogens is 3. The topological polar surface area (TPSA) is 94.2 Å². The summed E-state index contributed by atoms with van der Waals surface area (Å²) in [7, 11) is 1.59. The zero-order chi connectivity index (χ0) is 21.1. The summed E-state index contributed by atoms with van der Waals surface area (Å²) in [6.07, 6.45) is 3.32. The third-order valence-electron chi connectivity index (χ3n) is 5.37. The summed E-state index contributed by atoms with van der Waals surface area (Å²) < 4.78 is 5.52. The van der Waals surface area contributed by atoms with Crippen molar-refractivity contribution in [1.82, 2.24) is 20.1 Å². The molecule has 30 heavy (non-hydrogen) atoms. The normalized spacial score (nSPS) is 14.5. The summed E-state index contributed by atoms with van der Waals surface area (Å²) in [5.41, 5.74) is 8.64. The maximum absolute atomic E-state index is 13.0. The molecular weight excluding hydrogens is 402 g/mol. The number of hydrogen-bond donors (Lipinski definition) is 1. The minimum atomic E-state index is -0.0993. The van der Waals surface area contributed by atoms with Gasteiger partial charge in [-0.25, -0.2) is 0 Å². The average molecular weight is 424 g/mol. The summed E-state index contributed by atoms with van der Waals surface area (Å²) in [6, 6.07) is 12.8. The molecule has 154 valence electrons. The molecule has 0 aliphatic carbocycles. The number of rotatable bonds is 4. The first-order valence-electron chi connectivity index (χ1n) is 9.73. The van der Waals surface area contributed by atoms with Crippen LogP contribution in [0.1, 0.15) is 34.9 Å². The number of nitrogen functional groups attached to an aromatic ring is 1. The summed E-state index contributed by atoms with van der Waals surface area (Å²) in [5.74, 6) is 1.19. The fourth-order valence-corrected chi connectivity index (χ4v) is 3.81. The molecule has 4 rings (SSSR count). The van der Waals surface area contributed by atoms with Crippen LogP contribution in [-0.4, -0.2) is 46.2 Å². The molecule has 0 saturated carbocycles. The van der Waals surface area contributed by atoms with Gasteiger partial charge in [0.05, 0.1) is 12.8 Å². The quantitative estimate of drug-likeness (QED) is 0.685. The third-order valence-corrected chi connectivity index (χ3v) is 5.62. The van der Waals surface area contributed by atoms with Crippen LogP contribution in [0.25, 0.3) is 11.1 Å². The number of nitrogens with two attached hydrogens (primary N) is 1. The molecule has 0 spiro atoms. The van der Waals surface area contributed by atoms with E-state index >= 15 is 0 Å². The van der Waals surface area contributed by atoms with Gasteiger partial charge in [-0.2, -0.15) is 5.10 Å². The number of hydrogen-bond acceptors (Lipinski definition) is 6. The van der Waals surface area contributed by atoms with E-state index in [0.717, 1.165) is 29.7 Å². The standard InChI is InChI=1S/C22H22ClN5O2/c1-30-20-12-19(25-13-17(20)14-2-4-16(23)5-3-14)22(29)28-10-8-15(9-11-28)18-6-7-21(24)27-26-18/h2-7,12-13,15H,8-11H2,1H3,(H2,24,27). The van der Waals surface area contributed by atoms with E-state index in [1.807, 2.05) is 35.2 Å². The Hall–Kier alpha value is -3.19. The predicted molar refractivity (Wildman–Crippen MR) is 116 cm³/mol. The Balaban J connectivity index is 1.47. The lowest BCUT2D eigenvalue weighted by atomic mass is 9.93. The highest BCUT2D eigenvalue weighted by atomic mass is 35.5. The van der Waals surface area contributed by atoms with Gasteiger partial charge in [0.2, 0.25) is 0 Å². The summed E-state index contributed by atoms with van der Waals surface area (Å²) in [4.78, 5) is 19.2. The second kappa shape index (κ2) is 8.67.